The molecule has 0 saturated carbocycles. The molecule has 2 N–H and O–H groups in total. The molecule has 0 bridgehead atoms. The van der Waals surface area contributed by atoms with Crippen LogP contribution >= 0.6 is 0 Å². The van der Waals surface area contributed by atoms with E-state index >= 15 is 0 Å². The van der Waals surface area contributed by atoms with E-state index in [0.717, 1.165) is 12.5 Å². The van der Waals surface area contributed by atoms with Crippen LogP contribution < -0.4 is 5.73 Å². The second kappa shape index (κ2) is 5.05. The van der Waals surface area contributed by atoms with Gasteiger partial charge in [0.15, 0.2) is 0 Å². The maximum atomic E-state index is 13.2. The molecule has 1 atom stereocenters. The zero-order valence-electron chi connectivity index (χ0n) is 8.26. The predicted molar refractivity (Wildman–Crippen MR) is 52.9 cm³/mol. The molecule has 3 heteroatoms. The summed E-state index contributed by atoms with van der Waals surface area (Å²) in [5.74, 6) is -0.737. The van der Waals surface area contributed by atoms with E-state index in [1.54, 1.807) is 0 Å². The summed E-state index contributed by atoms with van der Waals surface area (Å²) >= 11 is 0. The minimum atomic E-state index is -0.535. The molecule has 0 aliphatic rings. The van der Waals surface area contributed by atoms with Crippen LogP contribution in [0.5, 0.6) is 0 Å². The Labute approximate surface area is 82.9 Å². The Hall–Kier alpha value is -0.960. The lowest BCUT2D eigenvalue weighted by atomic mass is 9.97. The van der Waals surface area contributed by atoms with Crippen molar-refractivity contribution in [2.24, 2.45) is 11.7 Å². The van der Waals surface area contributed by atoms with Gasteiger partial charge in [-0.3, -0.25) is 0 Å². The van der Waals surface area contributed by atoms with Gasteiger partial charge < -0.3 is 5.73 Å². The first kappa shape index (κ1) is 11.1. The Morgan fingerprint density at radius 2 is 2.07 bits per heavy atom. The van der Waals surface area contributed by atoms with E-state index in [2.05, 4.69) is 0 Å². The van der Waals surface area contributed by atoms with Gasteiger partial charge >= 0.3 is 0 Å². The molecule has 78 valence electrons. The molecule has 14 heavy (non-hydrogen) atoms. The maximum Gasteiger partial charge on any atom is 0.129 e. The highest BCUT2D eigenvalue weighted by molar-refractivity contribution is 5.19. The average molecular weight is 199 g/mol. The Balaban J connectivity index is 2.76. The fourth-order valence-electron chi connectivity index (χ4n) is 1.39. The summed E-state index contributed by atoms with van der Waals surface area (Å²) in [5, 5.41) is 0. The fraction of sp³-hybridized carbons (Fsp3) is 0.455. The van der Waals surface area contributed by atoms with Crippen LogP contribution in [0.1, 0.15) is 18.9 Å². The SMILES string of the molecule is CCC(CN)Cc1ccc(F)cc1F. The maximum absolute atomic E-state index is 13.2. The molecule has 0 aliphatic heterocycles. The molecule has 0 aromatic heterocycles. The standard InChI is InChI=1S/C11H15F2N/c1-2-8(7-14)5-9-3-4-10(12)6-11(9)13/h3-4,6,8H,2,5,7,14H2,1H3. The quantitative estimate of drug-likeness (QED) is 0.792. The van der Waals surface area contributed by atoms with Crippen molar-refractivity contribution in [2.75, 3.05) is 6.54 Å². The molecular weight excluding hydrogens is 184 g/mol. The van der Waals surface area contributed by atoms with Crippen LogP contribution in [0.2, 0.25) is 0 Å². The summed E-state index contributed by atoms with van der Waals surface area (Å²) in [6, 6.07) is 3.68. The van der Waals surface area contributed by atoms with E-state index in [1.807, 2.05) is 6.92 Å². The van der Waals surface area contributed by atoms with Crippen molar-refractivity contribution in [1.29, 1.82) is 0 Å². The largest absolute Gasteiger partial charge is 0.330 e. The Kier molecular flexibility index (Phi) is 4.01. The molecule has 0 aliphatic carbocycles. The van der Waals surface area contributed by atoms with E-state index < -0.39 is 11.6 Å². The van der Waals surface area contributed by atoms with Gasteiger partial charge in [0.1, 0.15) is 11.6 Å². The van der Waals surface area contributed by atoms with Crippen molar-refractivity contribution in [3.8, 4) is 0 Å². The van der Waals surface area contributed by atoms with Gasteiger partial charge in [-0.2, -0.15) is 0 Å². The first-order valence-electron chi connectivity index (χ1n) is 4.81. The van der Waals surface area contributed by atoms with Crippen LogP contribution in [0.3, 0.4) is 0 Å². The minimum Gasteiger partial charge on any atom is -0.330 e. The van der Waals surface area contributed by atoms with Gasteiger partial charge in [-0.25, -0.2) is 8.78 Å². The van der Waals surface area contributed by atoms with Crippen LogP contribution in [0, 0.1) is 17.6 Å². The van der Waals surface area contributed by atoms with Gasteiger partial charge in [0.25, 0.3) is 0 Å². The molecule has 0 fully saturated rings. The first-order chi connectivity index (χ1) is 6.67. The number of hydrogen-bond donors (Lipinski definition) is 1. The van der Waals surface area contributed by atoms with E-state index in [9.17, 15) is 8.78 Å². The van der Waals surface area contributed by atoms with Gasteiger partial charge in [-0.15, -0.1) is 0 Å². The molecule has 1 unspecified atom stereocenters. The number of halogens is 2. The lowest BCUT2D eigenvalue weighted by Gasteiger charge is -2.12. The third-order valence-electron chi connectivity index (χ3n) is 2.43. The lowest BCUT2D eigenvalue weighted by Crippen LogP contribution is -2.16. The van der Waals surface area contributed by atoms with Crippen molar-refractivity contribution >= 4 is 0 Å². The highest BCUT2D eigenvalue weighted by Gasteiger charge is 2.09. The van der Waals surface area contributed by atoms with E-state index in [4.69, 9.17) is 5.73 Å². The normalized spacial score (nSPS) is 12.9. The molecule has 1 aromatic rings. The summed E-state index contributed by atoms with van der Waals surface area (Å²) in [6.07, 6.45) is 1.49. The lowest BCUT2D eigenvalue weighted by molar-refractivity contribution is 0.496. The molecule has 0 radical (unpaired) electrons. The number of rotatable bonds is 4. The van der Waals surface area contributed by atoms with Crippen molar-refractivity contribution in [2.45, 2.75) is 19.8 Å². The molecule has 0 saturated heterocycles. The summed E-state index contributed by atoms with van der Waals surface area (Å²) in [7, 11) is 0. The molecule has 0 amide bonds. The zero-order valence-corrected chi connectivity index (χ0v) is 8.26. The highest BCUT2D eigenvalue weighted by Crippen LogP contribution is 2.15. The fourth-order valence-corrected chi connectivity index (χ4v) is 1.39. The molecule has 1 rings (SSSR count). The topological polar surface area (TPSA) is 26.0 Å². The zero-order chi connectivity index (χ0) is 10.6. The van der Waals surface area contributed by atoms with E-state index in [1.165, 1.54) is 12.1 Å². The summed E-state index contributed by atoms with van der Waals surface area (Å²) < 4.78 is 25.8. The van der Waals surface area contributed by atoms with Gasteiger partial charge in [0.05, 0.1) is 0 Å². The second-order valence-corrected chi connectivity index (χ2v) is 3.45. The second-order valence-electron chi connectivity index (χ2n) is 3.45. The van der Waals surface area contributed by atoms with Crippen LogP contribution in [0.4, 0.5) is 8.78 Å². The number of benzene rings is 1. The Morgan fingerprint density at radius 3 is 2.57 bits per heavy atom. The molecule has 0 heterocycles. The average Bonchev–Trinajstić information content (AvgIpc) is 2.17. The Morgan fingerprint density at radius 1 is 1.36 bits per heavy atom. The minimum absolute atomic E-state index is 0.273. The highest BCUT2D eigenvalue weighted by atomic mass is 19.1. The van der Waals surface area contributed by atoms with Crippen molar-refractivity contribution in [3.05, 3.63) is 35.4 Å². The van der Waals surface area contributed by atoms with Crippen molar-refractivity contribution < 1.29 is 8.78 Å². The molecule has 1 nitrogen and oxygen atoms in total. The summed E-state index contributed by atoms with van der Waals surface area (Å²) in [6.45, 7) is 2.55. The Bertz CT molecular complexity index is 295. The van der Waals surface area contributed by atoms with Crippen LogP contribution in [-0.4, -0.2) is 6.54 Å². The van der Waals surface area contributed by atoms with Crippen LogP contribution in [0.25, 0.3) is 0 Å². The van der Waals surface area contributed by atoms with Crippen LogP contribution in [0.15, 0.2) is 18.2 Å². The van der Waals surface area contributed by atoms with E-state index in [0.29, 0.717) is 18.5 Å². The van der Waals surface area contributed by atoms with Crippen molar-refractivity contribution in [3.63, 3.8) is 0 Å². The first-order valence-corrected chi connectivity index (χ1v) is 4.81. The third kappa shape index (κ3) is 2.77. The molecule has 0 spiro atoms. The summed E-state index contributed by atoms with van der Waals surface area (Å²) in [4.78, 5) is 0. The summed E-state index contributed by atoms with van der Waals surface area (Å²) in [5.41, 5.74) is 6.06. The van der Waals surface area contributed by atoms with E-state index in [-0.39, 0.29) is 5.92 Å². The van der Waals surface area contributed by atoms with Gasteiger partial charge in [-0.1, -0.05) is 19.4 Å². The molecule has 1 aromatic carbocycles. The van der Waals surface area contributed by atoms with Gasteiger partial charge in [0.2, 0.25) is 0 Å². The van der Waals surface area contributed by atoms with Gasteiger partial charge in [0, 0.05) is 6.07 Å². The van der Waals surface area contributed by atoms with Gasteiger partial charge in [-0.05, 0) is 30.5 Å². The van der Waals surface area contributed by atoms with Crippen molar-refractivity contribution in [1.82, 2.24) is 0 Å². The number of nitrogens with two attached hydrogens (primary N) is 1. The predicted octanol–water partition coefficient (Wildman–Crippen LogP) is 2.49. The van der Waals surface area contributed by atoms with Crippen LogP contribution in [-0.2, 0) is 6.42 Å². The third-order valence-corrected chi connectivity index (χ3v) is 2.43. The smallest absolute Gasteiger partial charge is 0.129 e. The number of hydrogen-bond acceptors (Lipinski definition) is 1. The monoisotopic (exact) mass is 199 g/mol. The molecular formula is C11H15F2N.